The van der Waals surface area contributed by atoms with Crippen LogP contribution in [0, 0.1) is 13.8 Å². The minimum absolute atomic E-state index is 0.111. The summed E-state index contributed by atoms with van der Waals surface area (Å²) in [5.74, 6) is -0.340. The fraction of sp³-hybridized carbons (Fsp3) is 0.214. The maximum atomic E-state index is 12.0. The summed E-state index contributed by atoms with van der Waals surface area (Å²) in [6.07, 6.45) is 0. The van der Waals surface area contributed by atoms with Crippen molar-refractivity contribution >= 4 is 28.9 Å². The molecule has 0 atom stereocenters. The Kier molecular flexibility index (Phi) is 4.28. The van der Waals surface area contributed by atoms with Crippen LogP contribution in [0.3, 0.4) is 0 Å². The van der Waals surface area contributed by atoms with E-state index in [1.807, 2.05) is 0 Å². The number of nitrogens with two attached hydrogens (primary N) is 1. The van der Waals surface area contributed by atoms with Gasteiger partial charge in [-0.2, -0.15) is 4.98 Å². The Morgan fingerprint density at radius 1 is 1.38 bits per heavy atom. The van der Waals surface area contributed by atoms with Crippen LogP contribution in [0.4, 0.5) is 11.4 Å². The van der Waals surface area contributed by atoms with Gasteiger partial charge in [0.05, 0.1) is 10.7 Å². The van der Waals surface area contributed by atoms with Crippen molar-refractivity contribution in [2.24, 2.45) is 0 Å². The Bertz CT molecular complexity index is 755. The molecule has 1 aromatic heterocycles. The molecule has 0 saturated carbocycles. The molecule has 1 aromatic carbocycles. The molecule has 2 rings (SSSR count). The number of carbonyl (C=O) groups is 1. The van der Waals surface area contributed by atoms with Gasteiger partial charge in [-0.05, 0) is 38.1 Å². The lowest BCUT2D eigenvalue weighted by molar-refractivity contribution is -0.116. The molecule has 0 aliphatic heterocycles. The average molecular weight is 307 g/mol. The van der Waals surface area contributed by atoms with E-state index in [0.717, 1.165) is 0 Å². The van der Waals surface area contributed by atoms with Gasteiger partial charge in [0.1, 0.15) is 6.54 Å². The maximum absolute atomic E-state index is 12.0. The van der Waals surface area contributed by atoms with Gasteiger partial charge < -0.3 is 11.1 Å². The van der Waals surface area contributed by atoms with Crippen LogP contribution >= 0.6 is 11.6 Å². The van der Waals surface area contributed by atoms with Gasteiger partial charge in [0, 0.05) is 17.1 Å². The molecule has 1 heterocycles. The van der Waals surface area contributed by atoms with Gasteiger partial charge in [0.25, 0.3) is 0 Å². The summed E-state index contributed by atoms with van der Waals surface area (Å²) in [5.41, 5.74) is 7.42. The number of halogens is 1. The first-order valence-electron chi connectivity index (χ1n) is 6.27. The summed E-state index contributed by atoms with van der Waals surface area (Å²) in [4.78, 5) is 27.6. The van der Waals surface area contributed by atoms with Gasteiger partial charge in [0.2, 0.25) is 5.91 Å². The summed E-state index contributed by atoms with van der Waals surface area (Å²) in [5, 5.41) is 3.08. The molecular weight excluding hydrogens is 292 g/mol. The predicted molar refractivity (Wildman–Crippen MR) is 82.5 cm³/mol. The fourth-order valence-electron chi connectivity index (χ4n) is 1.93. The second kappa shape index (κ2) is 5.97. The molecule has 0 spiro atoms. The molecule has 2 aromatic rings. The first-order valence-corrected chi connectivity index (χ1v) is 6.64. The molecule has 0 saturated heterocycles. The first-order chi connectivity index (χ1) is 9.86. The van der Waals surface area contributed by atoms with Crippen LogP contribution in [-0.2, 0) is 11.3 Å². The highest BCUT2D eigenvalue weighted by Gasteiger charge is 2.09. The Balaban J connectivity index is 2.15. The van der Waals surface area contributed by atoms with Crippen LogP contribution in [0.1, 0.15) is 11.4 Å². The standard InChI is InChI=1S/C14H15ClN4O2/c1-8-5-9(2)19(14(21)17-8)7-13(20)18-10-3-4-11(15)12(16)6-10/h3-6H,7,16H2,1-2H3,(H,18,20). The highest BCUT2D eigenvalue weighted by molar-refractivity contribution is 6.33. The number of aryl methyl sites for hydroxylation is 2. The topological polar surface area (TPSA) is 90.0 Å². The zero-order chi connectivity index (χ0) is 15.6. The summed E-state index contributed by atoms with van der Waals surface area (Å²) in [6.45, 7) is 3.37. The van der Waals surface area contributed by atoms with Crippen molar-refractivity contribution in [3.05, 3.63) is 51.2 Å². The van der Waals surface area contributed by atoms with Crippen molar-refractivity contribution in [2.45, 2.75) is 20.4 Å². The highest BCUT2D eigenvalue weighted by Crippen LogP contribution is 2.22. The number of amides is 1. The van der Waals surface area contributed by atoms with Crippen LogP contribution in [0.25, 0.3) is 0 Å². The zero-order valence-corrected chi connectivity index (χ0v) is 12.4. The van der Waals surface area contributed by atoms with E-state index in [-0.39, 0.29) is 12.5 Å². The molecule has 0 radical (unpaired) electrons. The molecule has 6 nitrogen and oxygen atoms in total. The van der Waals surface area contributed by atoms with E-state index >= 15 is 0 Å². The second-order valence-corrected chi connectivity index (χ2v) is 5.10. The van der Waals surface area contributed by atoms with Crippen LogP contribution in [0.15, 0.2) is 29.1 Å². The Labute approximate surface area is 126 Å². The number of carbonyl (C=O) groups excluding carboxylic acids is 1. The number of hydrogen-bond donors (Lipinski definition) is 2. The molecule has 0 unspecified atom stereocenters. The third-order valence-corrected chi connectivity index (χ3v) is 3.27. The molecule has 0 aliphatic rings. The minimum Gasteiger partial charge on any atom is -0.397 e. The minimum atomic E-state index is -0.446. The Morgan fingerprint density at radius 2 is 2.10 bits per heavy atom. The number of nitrogen functional groups attached to an aromatic ring is 1. The summed E-state index contributed by atoms with van der Waals surface area (Å²) in [7, 11) is 0. The zero-order valence-electron chi connectivity index (χ0n) is 11.7. The Hall–Kier alpha value is -2.34. The molecule has 0 aliphatic carbocycles. The van der Waals surface area contributed by atoms with E-state index in [2.05, 4.69) is 10.3 Å². The van der Waals surface area contributed by atoms with Gasteiger partial charge in [-0.25, -0.2) is 4.79 Å². The van der Waals surface area contributed by atoms with Crippen molar-refractivity contribution in [1.29, 1.82) is 0 Å². The van der Waals surface area contributed by atoms with Crippen LogP contribution in [0.5, 0.6) is 0 Å². The van der Waals surface area contributed by atoms with Gasteiger partial charge in [-0.1, -0.05) is 11.6 Å². The predicted octanol–water partition coefficient (Wildman–Crippen LogP) is 1.73. The lowest BCUT2D eigenvalue weighted by Crippen LogP contribution is -2.31. The molecule has 21 heavy (non-hydrogen) atoms. The van der Waals surface area contributed by atoms with Crippen LogP contribution in [-0.4, -0.2) is 15.5 Å². The summed E-state index contributed by atoms with van der Waals surface area (Å²) < 4.78 is 1.31. The molecule has 3 N–H and O–H groups in total. The fourth-order valence-corrected chi connectivity index (χ4v) is 2.05. The van der Waals surface area contributed by atoms with E-state index in [0.29, 0.717) is 27.8 Å². The van der Waals surface area contributed by atoms with Crippen molar-refractivity contribution in [2.75, 3.05) is 11.1 Å². The number of rotatable bonds is 3. The number of nitrogens with zero attached hydrogens (tertiary/aromatic N) is 2. The molecule has 0 fully saturated rings. The first kappa shape index (κ1) is 15.1. The van der Waals surface area contributed by atoms with E-state index in [9.17, 15) is 9.59 Å². The van der Waals surface area contributed by atoms with Crippen LogP contribution < -0.4 is 16.7 Å². The average Bonchev–Trinajstić information content (AvgIpc) is 2.38. The number of benzene rings is 1. The number of nitrogens with one attached hydrogen (secondary N) is 1. The monoisotopic (exact) mass is 306 g/mol. The van der Waals surface area contributed by atoms with E-state index < -0.39 is 5.69 Å². The Morgan fingerprint density at radius 3 is 2.71 bits per heavy atom. The molecular formula is C14H15ClN4O2. The number of anilines is 2. The smallest absolute Gasteiger partial charge is 0.348 e. The van der Waals surface area contributed by atoms with Crippen molar-refractivity contribution in [3.63, 3.8) is 0 Å². The summed E-state index contributed by atoms with van der Waals surface area (Å²) in [6, 6.07) is 6.54. The largest absolute Gasteiger partial charge is 0.397 e. The van der Waals surface area contributed by atoms with E-state index in [4.69, 9.17) is 17.3 Å². The van der Waals surface area contributed by atoms with Gasteiger partial charge in [-0.15, -0.1) is 0 Å². The lowest BCUT2D eigenvalue weighted by Gasteiger charge is -2.10. The second-order valence-electron chi connectivity index (χ2n) is 4.69. The molecule has 1 amide bonds. The number of hydrogen-bond acceptors (Lipinski definition) is 4. The SMILES string of the molecule is Cc1cc(C)n(CC(=O)Nc2ccc(Cl)c(N)c2)c(=O)n1. The van der Waals surface area contributed by atoms with Gasteiger partial charge in [-0.3, -0.25) is 9.36 Å². The van der Waals surface area contributed by atoms with E-state index in [1.165, 1.54) is 4.57 Å². The highest BCUT2D eigenvalue weighted by atomic mass is 35.5. The van der Waals surface area contributed by atoms with E-state index in [1.54, 1.807) is 38.1 Å². The van der Waals surface area contributed by atoms with Crippen molar-refractivity contribution in [1.82, 2.24) is 9.55 Å². The molecule has 0 bridgehead atoms. The van der Waals surface area contributed by atoms with Gasteiger partial charge in [0.15, 0.2) is 0 Å². The maximum Gasteiger partial charge on any atom is 0.348 e. The normalized spacial score (nSPS) is 10.4. The van der Waals surface area contributed by atoms with Gasteiger partial charge >= 0.3 is 5.69 Å². The van der Waals surface area contributed by atoms with Crippen LogP contribution in [0.2, 0.25) is 5.02 Å². The molecule has 110 valence electrons. The van der Waals surface area contributed by atoms with Crippen molar-refractivity contribution in [3.8, 4) is 0 Å². The number of aromatic nitrogens is 2. The van der Waals surface area contributed by atoms with Crippen molar-refractivity contribution < 1.29 is 4.79 Å². The summed E-state index contributed by atoms with van der Waals surface area (Å²) >= 11 is 5.81. The molecule has 7 heteroatoms. The third kappa shape index (κ3) is 3.61. The lowest BCUT2D eigenvalue weighted by atomic mass is 10.3. The third-order valence-electron chi connectivity index (χ3n) is 2.93. The quantitative estimate of drug-likeness (QED) is 0.845.